The van der Waals surface area contributed by atoms with Crippen LogP contribution in [0.25, 0.3) is 11.0 Å². The molecule has 0 unspecified atom stereocenters. The molecule has 0 aliphatic heterocycles. The van der Waals surface area contributed by atoms with E-state index in [1.807, 2.05) is 44.2 Å². The molecule has 0 atom stereocenters. The first kappa shape index (κ1) is 19.6. The normalized spacial score (nSPS) is 13.6. The van der Waals surface area contributed by atoms with Crippen LogP contribution in [0.15, 0.2) is 40.3 Å². The van der Waals surface area contributed by atoms with E-state index in [-0.39, 0.29) is 17.2 Å². The number of amides is 1. The summed E-state index contributed by atoms with van der Waals surface area (Å²) in [5, 5.41) is 4.12. The lowest BCUT2D eigenvalue weighted by Crippen LogP contribution is -2.20. The van der Waals surface area contributed by atoms with E-state index in [1.165, 1.54) is 11.8 Å². The molecule has 4 rings (SSSR count). The van der Waals surface area contributed by atoms with Gasteiger partial charge in [0.2, 0.25) is 5.91 Å². The molecule has 1 aliphatic rings. The van der Waals surface area contributed by atoms with Crippen LogP contribution >= 0.6 is 11.8 Å². The Bertz CT molecular complexity index is 1150. The number of nitrogens with one attached hydrogen (secondary N) is 1. The van der Waals surface area contributed by atoms with E-state index in [2.05, 4.69) is 26.8 Å². The average Bonchev–Trinajstić information content (AvgIpc) is 3.51. The summed E-state index contributed by atoms with van der Waals surface area (Å²) in [5.74, 6) is 0.0778. The predicted octanol–water partition coefficient (Wildman–Crippen LogP) is 4.04. The minimum Gasteiger partial charge on any atom is -0.325 e. The van der Waals surface area contributed by atoms with E-state index in [1.54, 1.807) is 0 Å². The van der Waals surface area contributed by atoms with Gasteiger partial charge in [-0.15, -0.1) is 0 Å². The van der Waals surface area contributed by atoms with Crippen LogP contribution in [0.2, 0.25) is 0 Å². The van der Waals surface area contributed by atoms with E-state index in [0.29, 0.717) is 22.2 Å². The summed E-state index contributed by atoms with van der Waals surface area (Å²) in [6, 6.07) is 10.0. The molecule has 7 heteroatoms. The fraction of sp³-hybridized carbons (Fsp3) is 0.364. The van der Waals surface area contributed by atoms with Crippen LogP contribution in [0, 0.1) is 13.8 Å². The SMILES string of the molecule is CCc1ccccc1NC(=O)CSc1nc(=O)c2c(C)cc(C)nc2n1C1CC1. The van der Waals surface area contributed by atoms with Gasteiger partial charge in [0.25, 0.3) is 5.56 Å². The quantitative estimate of drug-likeness (QED) is 0.492. The number of para-hydroxylation sites is 1. The molecule has 1 amide bonds. The number of pyridine rings is 1. The molecule has 0 bridgehead atoms. The second-order valence-electron chi connectivity index (χ2n) is 7.43. The van der Waals surface area contributed by atoms with Crippen LogP contribution in [0.1, 0.15) is 42.6 Å². The summed E-state index contributed by atoms with van der Waals surface area (Å²) in [6.45, 7) is 5.91. The number of fused-ring (bicyclic) bond motifs is 1. The Kier molecular flexibility index (Phi) is 5.41. The first-order valence-electron chi connectivity index (χ1n) is 9.89. The van der Waals surface area contributed by atoms with Crippen molar-refractivity contribution in [3.63, 3.8) is 0 Å². The number of benzene rings is 1. The molecule has 1 fully saturated rings. The highest BCUT2D eigenvalue weighted by molar-refractivity contribution is 7.99. The van der Waals surface area contributed by atoms with Gasteiger partial charge in [-0.25, -0.2) is 4.98 Å². The van der Waals surface area contributed by atoms with Crippen molar-refractivity contribution in [1.82, 2.24) is 14.5 Å². The van der Waals surface area contributed by atoms with Gasteiger partial charge in [0.15, 0.2) is 5.16 Å². The fourth-order valence-electron chi connectivity index (χ4n) is 3.57. The van der Waals surface area contributed by atoms with Gasteiger partial charge in [-0.1, -0.05) is 36.9 Å². The van der Waals surface area contributed by atoms with Gasteiger partial charge in [0.05, 0.1) is 11.1 Å². The van der Waals surface area contributed by atoms with Crippen LogP contribution in [-0.4, -0.2) is 26.2 Å². The van der Waals surface area contributed by atoms with E-state index in [0.717, 1.165) is 41.8 Å². The van der Waals surface area contributed by atoms with Gasteiger partial charge >= 0.3 is 0 Å². The number of nitrogens with zero attached hydrogens (tertiary/aromatic N) is 3. The van der Waals surface area contributed by atoms with Gasteiger partial charge in [-0.05, 0) is 56.4 Å². The molecule has 6 nitrogen and oxygen atoms in total. The molecule has 2 heterocycles. The van der Waals surface area contributed by atoms with Crippen molar-refractivity contribution in [1.29, 1.82) is 0 Å². The summed E-state index contributed by atoms with van der Waals surface area (Å²) < 4.78 is 2.05. The first-order valence-corrected chi connectivity index (χ1v) is 10.9. The van der Waals surface area contributed by atoms with Crippen LogP contribution in [0.5, 0.6) is 0 Å². The molecule has 150 valence electrons. The van der Waals surface area contributed by atoms with Crippen molar-refractivity contribution < 1.29 is 4.79 Å². The van der Waals surface area contributed by atoms with Crippen molar-refractivity contribution >= 4 is 34.4 Å². The zero-order chi connectivity index (χ0) is 20.5. The number of aryl methyl sites for hydroxylation is 3. The van der Waals surface area contributed by atoms with Crippen LogP contribution in [0.4, 0.5) is 5.69 Å². The van der Waals surface area contributed by atoms with E-state index < -0.39 is 0 Å². The molecule has 1 aromatic carbocycles. The third kappa shape index (κ3) is 4.05. The minimum atomic E-state index is -0.277. The summed E-state index contributed by atoms with van der Waals surface area (Å²) >= 11 is 1.30. The highest BCUT2D eigenvalue weighted by atomic mass is 32.2. The number of thioether (sulfide) groups is 1. The Morgan fingerprint density at radius 3 is 2.72 bits per heavy atom. The van der Waals surface area contributed by atoms with Gasteiger partial charge in [0.1, 0.15) is 5.65 Å². The highest BCUT2D eigenvalue weighted by Gasteiger charge is 2.29. The third-order valence-electron chi connectivity index (χ3n) is 5.09. The van der Waals surface area contributed by atoms with Gasteiger partial charge in [-0.2, -0.15) is 4.98 Å². The Morgan fingerprint density at radius 2 is 2.00 bits per heavy atom. The Balaban J connectivity index is 1.62. The molecule has 2 aromatic heterocycles. The van der Waals surface area contributed by atoms with Crippen LogP contribution in [0.3, 0.4) is 0 Å². The van der Waals surface area contributed by atoms with Gasteiger partial charge in [-0.3, -0.25) is 9.59 Å². The third-order valence-corrected chi connectivity index (χ3v) is 6.04. The molecule has 0 spiro atoms. The molecule has 1 saturated carbocycles. The number of hydrogen-bond acceptors (Lipinski definition) is 5. The van der Waals surface area contributed by atoms with Gasteiger partial charge < -0.3 is 9.88 Å². The van der Waals surface area contributed by atoms with E-state index >= 15 is 0 Å². The minimum absolute atomic E-state index is 0.110. The van der Waals surface area contributed by atoms with Crippen molar-refractivity contribution in [2.45, 2.75) is 51.2 Å². The molecule has 29 heavy (non-hydrogen) atoms. The van der Waals surface area contributed by atoms with Crippen molar-refractivity contribution in [2.75, 3.05) is 11.1 Å². The second kappa shape index (κ2) is 7.99. The molecule has 1 N–H and O–H groups in total. The molecule has 1 aliphatic carbocycles. The summed E-state index contributed by atoms with van der Waals surface area (Å²) in [4.78, 5) is 34.2. The Hall–Kier alpha value is -2.67. The molecular formula is C22H24N4O2S. The van der Waals surface area contributed by atoms with Crippen molar-refractivity contribution in [3.05, 3.63) is 57.5 Å². The highest BCUT2D eigenvalue weighted by Crippen LogP contribution is 2.39. The number of anilines is 1. The summed E-state index contributed by atoms with van der Waals surface area (Å²) in [5.41, 5.74) is 4.11. The van der Waals surface area contributed by atoms with Crippen molar-refractivity contribution in [3.8, 4) is 0 Å². The average molecular weight is 409 g/mol. The Morgan fingerprint density at radius 1 is 1.24 bits per heavy atom. The standard InChI is InChI=1S/C22H24N4O2S/c1-4-15-7-5-6-8-17(15)24-18(27)12-29-22-25-21(28)19-13(2)11-14(3)23-20(19)26(22)16-9-10-16/h5-8,11,16H,4,9-10,12H2,1-3H3,(H,24,27). The number of aromatic nitrogens is 3. The lowest BCUT2D eigenvalue weighted by atomic mass is 10.1. The number of rotatable bonds is 6. The Labute approximate surface area is 173 Å². The maximum absolute atomic E-state index is 12.7. The zero-order valence-corrected chi connectivity index (χ0v) is 17.7. The van der Waals surface area contributed by atoms with E-state index in [9.17, 15) is 9.59 Å². The molecule has 0 radical (unpaired) electrons. The fourth-order valence-corrected chi connectivity index (χ4v) is 4.43. The number of carbonyl (C=O) groups excluding carboxylic acids is 1. The van der Waals surface area contributed by atoms with Crippen molar-refractivity contribution in [2.24, 2.45) is 0 Å². The largest absolute Gasteiger partial charge is 0.325 e. The second-order valence-corrected chi connectivity index (χ2v) is 8.37. The maximum atomic E-state index is 12.7. The smallest absolute Gasteiger partial charge is 0.283 e. The lowest BCUT2D eigenvalue weighted by Gasteiger charge is -2.15. The molecule has 3 aromatic rings. The predicted molar refractivity (Wildman–Crippen MR) is 117 cm³/mol. The zero-order valence-electron chi connectivity index (χ0n) is 16.9. The topological polar surface area (TPSA) is 76.9 Å². The number of hydrogen-bond donors (Lipinski definition) is 1. The van der Waals surface area contributed by atoms with Gasteiger partial charge in [0, 0.05) is 17.4 Å². The summed E-state index contributed by atoms with van der Waals surface area (Å²) in [6.07, 6.45) is 2.93. The monoisotopic (exact) mass is 408 g/mol. The van der Waals surface area contributed by atoms with Crippen LogP contribution < -0.4 is 10.9 Å². The molecule has 0 saturated heterocycles. The van der Waals surface area contributed by atoms with E-state index in [4.69, 9.17) is 0 Å². The maximum Gasteiger partial charge on any atom is 0.283 e. The summed E-state index contributed by atoms with van der Waals surface area (Å²) in [7, 11) is 0. The lowest BCUT2D eigenvalue weighted by molar-refractivity contribution is -0.113. The van der Waals surface area contributed by atoms with Crippen LogP contribution in [-0.2, 0) is 11.2 Å². The first-order chi connectivity index (χ1) is 14.0. The number of carbonyl (C=O) groups is 1. The molecular weight excluding hydrogens is 384 g/mol.